The molecule has 0 radical (unpaired) electrons. The van der Waals surface area contributed by atoms with E-state index in [0.717, 1.165) is 15.0 Å². The predicted molar refractivity (Wildman–Crippen MR) is 81.6 cm³/mol. The quantitative estimate of drug-likeness (QED) is 0.523. The van der Waals surface area contributed by atoms with Crippen LogP contribution in [0.15, 0.2) is 33.4 Å². The number of nitrogen functional groups attached to an aromatic ring is 1. The summed E-state index contributed by atoms with van der Waals surface area (Å²) in [6.45, 7) is 0.699. The van der Waals surface area contributed by atoms with Crippen LogP contribution in [0.1, 0.15) is 5.56 Å². The van der Waals surface area contributed by atoms with Crippen LogP contribution in [-0.2, 0) is 6.54 Å². The standard InChI is InChI=1S/C12H12BrN3O2S/c1-15(6-8-4-12(13)19-7-8)11-3-2-9(16(17)18)5-10(11)14/h2-5,7H,6,14H2,1H3. The van der Waals surface area contributed by atoms with Crippen LogP contribution in [0, 0.1) is 10.1 Å². The van der Waals surface area contributed by atoms with Gasteiger partial charge in [-0.3, -0.25) is 10.1 Å². The van der Waals surface area contributed by atoms with Crippen LogP contribution >= 0.6 is 27.3 Å². The zero-order valence-electron chi connectivity index (χ0n) is 10.2. The fourth-order valence-electron chi connectivity index (χ4n) is 1.79. The number of non-ortho nitro benzene ring substituents is 1. The molecule has 0 bridgehead atoms. The van der Waals surface area contributed by atoms with E-state index in [1.54, 1.807) is 17.4 Å². The van der Waals surface area contributed by atoms with Gasteiger partial charge in [-0.05, 0) is 39.0 Å². The molecule has 0 fully saturated rings. The lowest BCUT2D eigenvalue weighted by Crippen LogP contribution is -2.17. The van der Waals surface area contributed by atoms with Crippen molar-refractivity contribution in [3.63, 3.8) is 0 Å². The molecule has 2 aromatic rings. The molecule has 2 rings (SSSR count). The fraction of sp³-hybridized carbons (Fsp3) is 0.167. The Morgan fingerprint density at radius 2 is 2.21 bits per heavy atom. The van der Waals surface area contributed by atoms with Crippen LogP contribution < -0.4 is 10.6 Å². The Hall–Kier alpha value is -1.60. The number of nitrogens with zero attached hydrogens (tertiary/aromatic N) is 2. The molecule has 19 heavy (non-hydrogen) atoms. The number of halogens is 1. The third kappa shape index (κ3) is 3.24. The molecule has 100 valence electrons. The molecular weight excluding hydrogens is 330 g/mol. The summed E-state index contributed by atoms with van der Waals surface area (Å²) >= 11 is 5.04. The number of nitro benzene ring substituents is 1. The Bertz CT molecular complexity index is 615. The van der Waals surface area contributed by atoms with Crippen molar-refractivity contribution in [2.45, 2.75) is 6.54 Å². The minimum atomic E-state index is -0.448. The Balaban J connectivity index is 2.19. The maximum Gasteiger partial charge on any atom is 0.271 e. The lowest BCUT2D eigenvalue weighted by molar-refractivity contribution is -0.384. The Kier molecular flexibility index (Phi) is 4.06. The van der Waals surface area contributed by atoms with E-state index < -0.39 is 4.92 Å². The van der Waals surface area contributed by atoms with E-state index in [4.69, 9.17) is 5.73 Å². The van der Waals surface area contributed by atoms with Crippen molar-refractivity contribution in [1.82, 2.24) is 0 Å². The minimum Gasteiger partial charge on any atom is -0.397 e. The van der Waals surface area contributed by atoms with E-state index in [9.17, 15) is 10.1 Å². The Morgan fingerprint density at radius 1 is 1.47 bits per heavy atom. The van der Waals surface area contributed by atoms with Gasteiger partial charge in [-0.2, -0.15) is 0 Å². The van der Waals surface area contributed by atoms with Gasteiger partial charge < -0.3 is 10.6 Å². The normalized spacial score (nSPS) is 10.4. The first-order valence-corrected chi connectivity index (χ1v) is 7.12. The first kappa shape index (κ1) is 13.8. The van der Waals surface area contributed by atoms with Crippen molar-refractivity contribution < 1.29 is 4.92 Å². The van der Waals surface area contributed by atoms with Gasteiger partial charge in [0.15, 0.2) is 0 Å². The van der Waals surface area contributed by atoms with Gasteiger partial charge in [0.25, 0.3) is 5.69 Å². The second-order valence-electron chi connectivity index (χ2n) is 4.12. The highest BCUT2D eigenvalue weighted by atomic mass is 79.9. The molecule has 0 aliphatic heterocycles. The molecule has 0 atom stereocenters. The molecule has 7 heteroatoms. The number of benzene rings is 1. The van der Waals surface area contributed by atoms with Crippen molar-refractivity contribution in [3.8, 4) is 0 Å². The SMILES string of the molecule is CN(Cc1csc(Br)c1)c1ccc([N+](=O)[O-])cc1N. The first-order valence-electron chi connectivity index (χ1n) is 5.45. The molecule has 5 nitrogen and oxygen atoms in total. The van der Waals surface area contributed by atoms with Crippen LogP contribution in [0.25, 0.3) is 0 Å². The maximum atomic E-state index is 10.7. The van der Waals surface area contributed by atoms with Crippen LogP contribution in [0.5, 0.6) is 0 Å². The number of nitrogens with two attached hydrogens (primary N) is 1. The van der Waals surface area contributed by atoms with Crippen molar-refractivity contribution in [2.24, 2.45) is 0 Å². The van der Waals surface area contributed by atoms with E-state index in [1.165, 1.54) is 12.1 Å². The van der Waals surface area contributed by atoms with Gasteiger partial charge in [0.05, 0.1) is 20.1 Å². The Morgan fingerprint density at radius 3 is 2.74 bits per heavy atom. The summed E-state index contributed by atoms with van der Waals surface area (Å²) in [5.41, 5.74) is 8.23. The van der Waals surface area contributed by atoms with E-state index in [1.807, 2.05) is 18.0 Å². The third-order valence-corrected chi connectivity index (χ3v) is 4.23. The number of hydrogen-bond acceptors (Lipinski definition) is 5. The van der Waals surface area contributed by atoms with Gasteiger partial charge in [-0.25, -0.2) is 0 Å². The molecule has 1 heterocycles. The lowest BCUT2D eigenvalue weighted by atomic mass is 10.2. The number of anilines is 2. The van der Waals surface area contributed by atoms with E-state index in [2.05, 4.69) is 21.3 Å². The summed E-state index contributed by atoms with van der Waals surface area (Å²) in [5, 5.41) is 12.7. The van der Waals surface area contributed by atoms with E-state index in [0.29, 0.717) is 12.2 Å². The van der Waals surface area contributed by atoms with E-state index >= 15 is 0 Å². The summed E-state index contributed by atoms with van der Waals surface area (Å²) in [5.74, 6) is 0. The smallest absolute Gasteiger partial charge is 0.271 e. The summed E-state index contributed by atoms with van der Waals surface area (Å²) in [7, 11) is 1.91. The minimum absolute atomic E-state index is 0.00734. The average molecular weight is 342 g/mol. The van der Waals surface area contributed by atoms with Gasteiger partial charge in [0.1, 0.15) is 0 Å². The fourth-order valence-corrected chi connectivity index (χ4v) is 2.99. The molecule has 0 unspecified atom stereocenters. The molecular formula is C12H12BrN3O2S. The molecule has 0 aliphatic rings. The number of nitro groups is 1. The first-order chi connectivity index (χ1) is 8.97. The molecule has 1 aromatic heterocycles. The van der Waals surface area contributed by atoms with Gasteiger partial charge >= 0.3 is 0 Å². The van der Waals surface area contributed by atoms with Crippen molar-refractivity contribution in [2.75, 3.05) is 17.7 Å². The largest absolute Gasteiger partial charge is 0.397 e. The lowest BCUT2D eigenvalue weighted by Gasteiger charge is -2.20. The predicted octanol–water partition coefficient (Wildman–Crippen LogP) is 3.64. The zero-order valence-corrected chi connectivity index (χ0v) is 12.6. The summed E-state index contributed by atoms with van der Waals surface area (Å²) in [4.78, 5) is 12.2. The van der Waals surface area contributed by atoms with Gasteiger partial charge in [0, 0.05) is 25.7 Å². The topological polar surface area (TPSA) is 72.4 Å². The zero-order chi connectivity index (χ0) is 14.0. The van der Waals surface area contributed by atoms with Gasteiger partial charge in [-0.15, -0.1) is 11.3 Å². The highest BCUT2D eigenvalue weighted by Gasteiger charge is 2.12. The number of thiophene rings is 1. The summed E-state index contributed by atoms with van der Waals surface area (Å²) in [6, 6.07) is 6.57. The molecule has 0 amide bonds. The van der Waals surface area contributed by atoms with Crippen LogP contribution in [-0.4, -0.2) is 12.0 Å². The van der Waals surface area contributed by atoms with Crippen LogP contribution in [0.3, 0.4) is 0 Å². The molecule has 2 N–H and O–H groups in total. The maximum absolute atomic E-state index is 10.7. The van der Waals surface area contributed by atoms with Crippen molar-refractivity contribution in [1.29, 1.82) is 0 Å². The second-order valence-corrected chi connectivity index (χ2v) is 6.41. The van der Waals surface area contributed by atoms with Crippen molar-refractivity contribution >= 4 is 44.3 Å². The highest BCUT2D eigenvalue weighted by molar-refractivity contribution is 9.11. The Labute approximate surface area is 122 Å². The molecule has 1 aromatic carbocycles. The second kappa shape index (κ2) is 5.58. The van der Waals surface area contributed by atoms with Crippen LogP contribution in [0.4, 0.5) is 17.1 Å². The monoisotopic (exact) mass is 341 g/mol. The highest BCUT2D eigenvalue weighted by Crippen LogP contribution is 2.29. The molecule has 0 aliphatic carbocycles. The van der Waals surface area contributed by atoms with Crippen molar-refractivity contribution in [3.05, 3.63) is 49.1 Å². The summed E-state index contributed by atoms with van der Waals surface area (Å²) < 4.78 is 1.08. The van der Waals surface area contributed by atoms with E-state index in [-0.39, 0.29) is 5.69 Å². The third-order valence-electron chi connectivity index (χ3n) is 2.67. The summed E-state index contributed by atoms with van der Waals surface area (Å²) in [6.07, 6.45) is 0. The number of rotatable bonds is 4. The average Bonchev–Trinajstić information content (AvgIpc) is 2.74. The van der Waals surface area contributed by atoms with Gasteiger partial charge in [0.2, 0.25) is 0 Å². The molecule has 0 spiro atoms. The molecule has 0 saturated heterocycles. The molecule has 0 saturated carbocycles. The van der Waals surface area contributed by atoms with Crippen LogP contribution in [0.2, 0.25) is 0 Å². The van der Waals surface area contributed by atoms with Gasteiger partial charge in [-0.1, -0.05) is 0 Å². The number of hydrogen-bond donors (Lipinski definition) is 1.